The molecule has 2 fully saturated rings. The number of rotatable bonds is 3. The van der Waals surface area contributed by atoms with Crippen LogP contribution in [0.5, 0.6) is 0 Å². The number of nitrogens with zero attached hydrogens (tertiary/aromatic N) is 4. The number of aliphatic hydroxyl groups excluding tert-OH is 1. The van der Waals surface area contributed by atoms with E-state index >= 15 is 0 Å². The van der Waals surface area contributed by atoms with Gasteiger partial charge in [-0.3, -0.25) is 14.4 Å². The second kappa shape index (κ2) is 5.91. The molecule has 0 bridgehead atoms. The van der Waals surface area contributed by atoms with E-state index in [0.29, 0.717) is 12.0 Å². The quantitative estimate of drug-likeness (QED) is 0.900. The molecule has 2 aliphatic rings. The van der Waals surface area contributed by atoms with Gasteiger partial charge in [0, 0.05) is 56.4 Å². The highest BCUT2D eigenvalue weighted by Crippen LogP contribution is 2.42. The lowest BCUT2D eigenvalue weighted by Crippen LogP contribution is -2.51. The number of likely N-dealkylation sites (tertiary alicyclic amines) is 2. The van der Waals surface area contributed by atoms with Crippen molar-refractivity contribution in [2.45, 2.75) is 51.7 Å². The zero-order valence-corrected chi connectivity index (χ0v) is 14.6. The number of amides is 1. The van der Waals surface area contributed by atoms with Crippen LogP contribution < -0.4 is 0 Å². The van der Waals surface area contributed by atoms with Gasteiger partial charge in [0.25, 0.3) is 0 Å². The Hall–Kier alpha value is -1.40. The van der Waals surface area contributed by atoms with Gasteiger partial charge in [0.15, 0.2) is 0 Å². The molecule has 1 amide bonds. The number of hydrogen-bond donors (Lipinski definition) is 1. The average Bonchev–Trinajstić information content (AvgIpc) is 2.99. The van der Waals surface area contributed by atoms with Gasteiger partial charge >= 0.3 is 0 Å². The normalized spacial score (nSPS) is 31.4. The Bertz CT molecular complexity index is 599. The fraction of sp³-hybridized carbons (Fsp3) is 0.765. The molecule has 0 unspecified atom stereocenters. The van der Waals surface area contributed by atoms with Crippen molar-refractivity contribution in [3.05, 3.63) is 17.5 Å². The molecule has 0 saturated carbocycles. The van der Waals surface area contributed by atoms with Crippen LogP contribution in [0.4, 0.5) is 0 Å². The Morgan fingerprint density at radius 1 is 1.52 bits per heavy atom. The number of piperidine rings is 1. The highest BCUT2D eigenvalue weighted by molar-refractivity contribution is 5.73. The predicted octanol–water partition coefficient (Wildman–Crippen LogP) is 0.922. The zero-order valence-electron chi connectivity index (χ0n) is 14.6. The first kappa shape index (κ1) is 16.5. The highest BCUT2D eigenvalue weighted by Gasteiger charge is 2.50. The molecule has 1 aromatic rings. The van der Waals surface area contributed by atoms with Crippen LogP contribution in [0.3, 0.4) is 0 Å². The molecule has 2 saturated heterocycles. The third-order valence-corrected chi connectivity index (χ3v) is 5.95. The molecular formula is C17H28N4O2. The van der Waals surface area contributed by atoms with E-state index in [1.807, 2.05) is 22.8 Å². The number of aliphatic hydroxyl groups is 1. The van der Waals surface area contributed by atoms with E-state index in [4.69, 9.17) is 0 Å². The van der Waals surface area contributed by atoms with Crippen molar-refractivity contribution in [2.24, 2.45) is 13.0 Å². The summed E-state index contributed by atoms with van der Waals surface area (Å²) in [5.41, 5.74) is 2.18. The molecule has 6 heteroatoms. The van der Waals surface area contributed by atoms with Crippen LogP contribution in [-0.2, 0) is 18.4 Å². The first-order chi connectivity index (χ1) is 10.9. The highest BCUT2D eigenvalue weighted by atomic mass is 16.3. The Balaban J connectivity index is 1.83. The number of carbonyl (C=O) groups is 1. The third kappa shape index (κ3) is 2.78. The van der Waals surface area contributed by atoms with Gasteiger partial charge in [0.1, 0.15) is 0 Å². The molecule has 3 heterocycles. The van der Waals surface area contributed by atoms with Crippen LogP contribution >= 0.6 is 0 Å². The van der Waals surface area contributed by atoms with Gasteiger partial charge in [0.2, 0.25) is 5.91 Å². The maximum atomic E-state index is 11.7. The van der Waals surface area contributed by atoms with Gasteiger partial charge in [0.05, 0.1) is 12.8 Å². The summed E-state index contributed by atoms with van der Waals surface area (Å²) in [5.74, 6) is 0.609. The maximum Gasteiger partial charge on any atom is 0.219 e. The Labute approximate surface area is 138 Å². The van der Waals surface area contributed by atoms with Crippen molar-refractivity contribution < 1.29 is 9.90 Å². The minimum atomic E-state index is -0.218. The molecule has 1 aromatic heterocycles. The van der Waals surface area contributed by atoms with Crippen LogP contribution in [0.15, 0.2) is 6.20 Å². The first-order valence-corrected chi connectivity index (χ1v) is 8.46. The van der Waals surface area contributed by atoms with E-state index in [2.05, 4.69) is 23.8 Å². The largest absolute Gasteiger partial charge is 0.394 e. The van der Waals surface area contributed by atoms with Crippen molar-refractivity contribution >= 4 is 5.91 Å². The Morgan fingerprint density at radius 2 is 2.26 bits per heavy atom. The van der Waals surface area contributed by atoms with Gasteiger partial charge in [-0.2, -0.15) is 5.10 Å². The van der Waals surface area contributed by atoms with Crippen molar-refractivity contribution in [1.82, 2.24) is 19.6 Å². The molecule has 0 aromatic carbocycles. The van der Waals surface area contributed by atoms with Crippen molar-refractivity contribution in [3.8, 4) is 0 Å². The summed E-state index contributed by atoms with van der Waals surface area (Å²) >= 11 is 0. The molecule has 0 spiro atoms. The summed E-state index contributed by atoms with van der Waals surface area (Å²) < 4.78 is 1.90. The molecule has 6 nitrogen and oxygen atoms in total. The second-order valence-electron chi connectivity index (χ2n) is 7.45. The summed E-state index contributed by atoms with van der Waals surface area (Å²) in [6, 6.07) is 0.433. The minimum absolute atomic E-state index is 0.152. The summed E-state index contributed by atoms with van der Waals surface area (Å²) in [6.45, 7) is 8.49. The number of carbonyl (C=O) groups excluding carboxylic acids is 1. The molecule has 3 atom stereocenters. The van der Waals surface area contributed by atoms with E-state index in [-0.39, 0.29) is 18.1 Å². The fourth-order valence-electron chi connectivity index (χ4n) is 4.35. The molecule has 0 radical (unpaired) electrons. The van der Waals surface area contributed by atoms with Gasteiger partial charge < -0.3 is 10.0 Å². The first-order valence-electron chi connectivity index (χ1n) is 8.46. The van der Waals surface area contributed by atoms with Crippen molar-refractivity contribution in [1.29, 1.82) is 0 Å². The molecule has 3 rings (SSSR count). The molecular weight excluding hydrogens is 292 g/mol. The monoisotopic (exact) mass is 320 g/mol. The van der Waals surface area contributed by atoms with Gasteiger partial charge in [-0.25, -0.2) is 0 Å². The summed E-state index contributed by atoms with van der Waals surface area (Å²) in [4.78, 5) is 16.1. The molecule has 0 aliphatic carbocycles. The number of aromatic nitrogens is 2. The molecule has 23 heavy (non-hydrogen) atoms. The number of aryl methyl sites for hydroxylation is 1. The minimum Gasteiger partial charge on any atom is -0.394 e. The summed E-state index contributed by atoms with van der Waals surface area (Å²) in [5, 5.41) is 14.4. The van der Waals surface area contributed by atoms with Crippen LogP contribution in [0.2, 0.25) is 0 Å². The predicted molar refractivity (Wildman–Crippen MR) is 87.7 cm³/mol. The third-order valence-electron chi connectivity index (χ3n) is 5.95. The Morgan fingerprint density at radius 3 is 2.83 bits per heavy atom. The maximum absolute atomic E-state index is 11.7. The topological polar surface area (TPSA) is 61.6 Å². The van der Waals surface area contributed by atoms with E-state index < -0.39 is 0 Å². The Kier molecular flexibility index (Phi) is 4.23. The van der Waals surface area contributed by atoms with Gasteiger partial charge in [-0.1, -0.05) is 0 Å². The zero-order chi connectivity index (χ0) is 16.8. The van der Waals surface area contributed by atoms with Gasteiger partial charge in [-0.05, 0) is 32.6 Å². The van der Waals surface area contributed by atoms with E-state index in [9.17, 15) is 9.90 Å². The van der Waals surface area contributed by atoms with E-state index in [1.165, 1.54) is 11.3 Å². The molecule has 1 N–H and O–H groups in total. The van der Waals surface area contributed by atoms with Crippen LogP contribution in [0.1, 0.15) is 37.9 Å². The molecule has 128 valence electrons. The van der Waals surface area contributed by atoms with Crippen molar-refractivity contribution in [3.63, 3.8) is 0 Å². The average molecular weight is 320 g/mol. The number of fused-ring (bicyclic) bond motifs is 1. The van der Waals surface area contributed by atoms with Crippen molar-refractivity contribution in [2.75, 3.05) is 19.7 Å². The van der Waals surface area contributed by atoms with Crippen LogP contribution in [0, 0.1) is 12.8 Å². The van der Waals surface area contributed by atoms with Gasteiger partial charge in [-0.15, -0.1) is 0 Å². The lowest BCUT2D eigenvalue weighted by molar-refractivity contribution is -0.131. The van der Waals surface area contributed by atoms with Crippen LogP contribution in [0.25, 0.3) is 0 Å². The lowest BCUT2D eigenvalue weighted by atomic mass is 9.89. The lowest BCUT2D eigenvalue weighted by Gasteiger charge is -2.40. The fourth-order valence-corrected chi connectivity index (χ4v) is 4.35. The smallest absolute Gasteiger partial charge is 0.219 e. The summed E-state index contributed by atoms with van der Waals surface area (Å²) in [6.07, 6.45) is 3.86. The SMILES string of the molecule is CC(=O)N1CC[C@H]2[C@H](C1)C[C@](C)(CO)N2Cc1cnn(C)c1C. The van der Waals surface area contributed by atoms with E-state index in [1.54, 1.807) is 6.92 Å². The van der Waals surface area contributed by atoms with Crippen LogP contribution in [-0.4, -0.2) is 61.9 Å². The van der Waals surface area contributed by atoms with E-state index in [0.717, 1.165) is 32.5 Å². The second-order valence-corrected chi connectivity index (χ2v) is 7.45. The summed E-state index contributed by atoms with van der Waals surface area (Å²) in [7, 11) is 1.96. The number of hydrogen-bond acceptors (Lipinski definition) is 4. The standard InChI is InChI=1S/C17H28N4O2/c1-12-15(8-18-19(12)4)10-21-16-5-6-20(13(2)23)9-14(16)7-17(21,3)11-22/h8,14,16,22H,5-7,9-11H2,1-4H3/t14-,16-,17+/m0/s1. The molecule has 2 aliphatic heterocycles.